The summed E-state index contributed by atoms with van der Waals surface area (Å²) < 4.78 is 0. The van der Waals surface area contributed by atoms with E-state index in [1.807, 2.05) is 0 Å². The van der Waals surface area contributed by atoms with Gasteiger partial charge in [0.05, 0.1) is 13.1 Å². The molecule has 1 saturated carbocycles. The normalized spacial score (nSPS) is 24.2. The van der Waals surface area contributed by atoms with E-state index in [4.69, 9.17) is 0 Å². The number of nitrogens with zero attached hydrogens (tertiary/aromatic N) is 2. The fourth-order valence-corrected chi connectivity index (χ4v) is 2.39. The molecule has 0 atom stereocenters. The first kappa shape index (κ1) is 12.8. The molecule has 88 valence electrons. The smallest absolute Gasteiger partial charge is 0.211 e. The second-order valence-electron chi connectivity index (χ2n) is 4.41. The van der Waals surface area contributed by atoms with Crippen molar-refractivity contribution in [2.75, 3.05) is 13.1 Å². The van der Waals surface area contributed by atoms with Gasteiger partial charge >= 0.3 is 0 Å². The number of aliphatic imine (C=N–C) groups is 2. The molecule has 1 aliphatic rings. The van der Waals surface area contributed by atoms with Crippen molar-refractivity contribution < 1.29 is 9.59 Å². The standard InChI is InChI=1S/C12H18N2O2/c15-9-13-7-5-11-1-2-12(4-3-11)6-8-14-10-16/h11-12H,1-8H2. The lowest BCUT2D eigenvalue weighted by atomic mass is 9.79. The Kier molecular flexibility index (Phi) is 6.39. The van der Waals surface area contributed by atoms with Crippen molar-refractivity contribution in [2.24, 2.45) is 21.8 Å². The second-order valence-corrected chi connectivity index (χ2v) is 4.41. The van der Waals surface area contributed by atoms with Crippen LogP contribution in [0.2, 0.25) is 0 Å². The van der Waals surface area contributed by atoms with Crippen molar-refractivity contribution in [2.45, 2.75) is 38.5 Å². The van der Waals surface area contributed by atoms with Gasteiger partial charge in [0.15, 0.2) is 0 Å². The molecule has 16 heavy (non-hydrogen) atoms. The summed E-state index contributed by atoms with van der Waals surface area (Å²) in [5.74, 6) is 1.42. The molecule has 0 saturated heterocycles. The number of hydrogen-bond acceptors (Lipinski definition) is 4. The quantitative estimate of drug-likeness (QED) is 0.511. The summed E-state index contributed by atoms with van der Waals surface area (Å²) in [6, 6.07) is 0. The summed E-state index contributed by atoms with van der Waals surface area (Å²) in [6.07, 6.45) is 10.0. The molecule has 0 aromatic carbocycles. The van der Waals surface area contributed by atoms with Crippen LogP contribution in [0.1, 0.15) is 38.5 Å². The van der Waals surface area contributed by atoms with Crippen molar-refractivity contribution in [3.63, 3.8) is 0 Å². The first-order chi connectivity index (χ1) is 7.86. The van der Waals surface area contributed by atoms with E-state index < -0.39 is 0 Å². The Hall–Kier alpha value is -1.24. The maximum absolute atomic E-state index is 9.91. The first-order valence-corrected chi connectivity index (χ1v) is 5.94. The van der Waals surface area contributed by atoms with Crippen LogP contribution in [0.25, 0.3) is 0 Å². The Morgan fingerprint density at radius 1 is 0.812 bits per heavy atom. The molecule has 0 heterocycles. The predicted octanol–water partition coefficient (Wildman–Crippen LogP) is 2.24. The van der Waals surface area contributed by atoms with Gasteiger partial charge in [0.2, 0.25) is 12.2 Å². The monoisotopic (exact) mass is 222 g/mol. The summed E-state index contributed by atoms with van der Waals surface area (Å²) in [7, 11) is 0. The zero-order valence-electron chi connectivity index (χ0n) is 9.52. The Labute approximate surface area is 95.9 Å². The SMILES string of the molecule is O=C=NCCC1CCC(CCN=C=O)CC1. The van der Waals surface area contributed by atoms with Crippen molar-refractivity contribution in [3.05, 3.63) is 0 Å². The van der Waals surface area contributed by atoms with Crippen LogP contribution in [0.5, 0.6) is 0 Å². The van der Waals surface area contributed by atoms with Crippen molar-refractivity contribution >= 4 is 12.2 Å². The highest BCUT2D eigenvalue weighted by Crippen LogP contribution is 2.32. The first-order valence-electron chi connectivity index (χ1n) is 5.94. The largest absolute Gasteiger partial charge is 0.234 e. The van der Waals surface area contributed by atoms with Gasteiger partial charge in [0, 0.05) is 0 Å². The van der Waals surface area contributed by atoms with Gasteiger partial charge in [-0.2, -0.15) is 0 Å². The van der Waals surface area contributed by atoms with Gasteiger partial charge in [-0.1, -0.05) is 25.7 Å². The van der Waals surface area contributed by atoms with Crippen molar-refractivity contribution in [1.29, 1.82) is 0 Å². The number of isocyanates is 2. The maximum atomic E-state index is 9.91. The summed E-state index contributed by atoms with van der Waals surface area (Å²) in [4.78, 5) is 27.0. The Balaban J connectivity index is 2.12. The lowest BCUT2D eigenvalue weighted by molar-refractivity contribution is 0.258. The summed E-state index contributed by atoms with van der Waals surface area (Å²) >= 11 is 0. The van der Waals surface area contributed by atoms with E-state index in [0.717, 1.165) is 12.8 Å². The molecule has 0 aromatic rings. The van der Waals surface area contributed by atoms with Crippen LogP contribution < -0.4 is 0 Å². The minimum absolute atomic E-state index is 0.619. The summed E-state index contributed by atoms with van der Waals surface area (Å²) in [6.45, 7) is 1.24. The van der Waals surface area contributed by atoms with Crippen LogP contribution in [0, 0.1) is 11.8 Å². The molecule has 0 amide bonds. The molecule has 1 rings (SSSR count). The fraction of sp³-hybridized carbons (Fsp3) is 0.833. The van der Waals surface area contributed by atoms with E-state index in [0.29, 0.717) is 24.9 Å². The van der Waals surface area contributed by atoms with Gasteiger partial charge in [-0.3, -0.25) is 0 Å². The highest BCUT2D eigenvalue weighted by molar-refractivity contribution is 5.32. The van der Waals surface area contributed by atoms with E-state index in [-0.39, 0.29) is 0 Å². The molecular weight excluding hydrogens is 204 g/mol. The van der Waals surface area contributed by atoms with Gasteiger partial charge in [-0.15, -0.1) is 0 Å². The third kappa shape index (κ3) is 5.01. The Bertz CT molecular complexity index is 253. The van der Waals surface area contributed by atoms with E-state index in [9.17, 15) is 9.59 Å². The van der Waals surface area contributed by atoms with Crippen LogP contribution >= 0.6 is 0 Å². The minimum Gasteiger partial charge on any atom is -0.211 e. The van der Waals surface area contributed by atoms with Crippen LogP contribution in [-0.4, -0.2) is 25.2 Å². The highest BCUT2D eigenvalue weighted by Gasteiger charge is 2.20. The lowest BCUT2D eigenvalue weighted by Crippen LogP contribution is -2.16. The third-order valence-electron chi connectivity index (χ3n) is 3.39. The molecule has 4 nitrogen and oxygen atoms in total. The molecule has 0 bridgehead atoms. The van der Waals surface area contributed by atoms with E-state index in [1.54, 1.807) is 12.2 Å². The highest BCUT2D eigenvalue weighted by atomic mass is 16.1. The number of carbonyl (C=O) groups excluding carboxylic acids is 2. The zero-order valence-corrected chi connectivity index (χ0v) is 9.52. The molecule has 0 unspecified atom stereocenters. The molecule has 0 radical (unpaired) electrons. The molecule has 0 spiro atoms. The fourth-order valence-electron chi connectivity index (χ4n) is 2.39. The average molecular weight is 222 g/mol. The van der Waals surface area contributed by atoms with Crippen molar-refractivity contribution in [3.8, 4) is 0 Å². The van der Waals surface area contributed by atoms with E-state index in [1.165, 1.54) is 25.7 Å². The summed E-state index contributed by atoms with van der Waals surface area (Å²) in [5.41, 5.74) is 0. The zero-order chi connectivity index (χ0) is 11.6. The average Bonchev–Trinajstić information content (AvgIpc) is 2.32. The Morgan fingerprint density at radius 2 is 1.19 bits per heavy atom. The molecule has 0 N–H and O–H groups in total. The van der Waals surface area contributed by atoms with Crippen LogP contribution in [0.4, 0.5) is 0 Å². The molecule has 1 fully saturated rings. The molecule has 0 aliphatic heterocycles. The predicted molar refractivity (Wildman–Crippen MR) is 60.7 cm³/mol. The van der Waals surface area contributed by atoms with Crippen molar-refractivity contribution in [1.82, 2.24) is 0 Å². The van der Waals surface area contributed by atoms with Gasteiger partial charge in [0.25, 0.3) is 0 Å². The molecule has 1 aliphatic carbocycles. The Morgan fingerprint density at radius 3 is 1.50 bits per heavy atom. The van der Waals surface area contributed by atoms with Gasteiger partial charge in [-0.25, -0.2) is 19.6 Å². The minimum atomic E-state index is 0.619. The summed E-state index contributed by atoms with van der Waals surface area (Å²) in [5, 5.41) is 0. The number of hydrogen-bond donors (Lipinski definition) is 0. The van der Waals surface area contributed by atoms with Crippen LogP contribution in [-0.2, 0) is 9.59 Å². The van der Waals surface area contributed by atoms with Crippen LogP contribution in [0.15, 0.2) is 9.98 Å². The number of rotatable bonds is 6. The van der Waals surface area contributed by atoms with Gasteiger partial charge in [0.1, 0.15) is 0 Å². The molecular formula is C12H18N2O2. The van der Waals surface area contributed by atoms with E-state index in [2.05, 4.69) is 9.98 Å². The van der Waals surface area contributed by atoms with E-state index >= 15 is 0 Å². The molecule has 0 aromatic heterocycles. The topological polar surface area (TPSA) is 58.9 Å². The maximum Gasteiger partial charge on any atom is 0.234 e. The van der Waals surface area contributed by atoms with Gasteiger partial charge in [-0.05, 0) is 24.7 Å². The lowest BCUT2D eigenvalue weighted by Gasteiger charge is -2.27. The molecule has 4 heteroatoms. The van der Waals surface area contributed by atoms with Crippen LogP contribution in [0.3, 0.4) is 0 Å². The third-order valence-corrected chi connectivity index (χ3v) is 3.39. The second kappa shape index (κ2) is 7.98. The van der Waals surface area contributed by atoms with Gasteiger partial charge < -0.3 is 0 Å².